The van der Waals surface area contributed by atoms with Crippen LogP contribution in [0.1, 0.15) is 18.4 Å². The van der Waals surface area contributed by atoms with Gasteiger partial charge in [-0.25, -0.2) is 9.82 Å². The van der Waals surface area contributed by atoms with Gasteiger partial charge in [0.05, 0.1) is 6.21 Å². The third-order valence-corrected chi connectivity index (χ3v) is 3.95. The van der Waals surface area contributed by atoms with Gasteiger partial charge in [-0.1, -0.05) is 30.3 Å². The molecule has 0 aromatic heterocycles. The molecular formula is C23H20FN3O3. The van der Waals surface area contributed by atoms with Crippen LogP contribution in [0.2, 0.25) is 0 Å². The van der Waals surface area contributed by atoms with E-state index in [2.05, 4.69) is 15.8 Å². The highest BCUT2D eigenvalue weighted by atomic mass is 19.1. The summed E-state index contributed by atoms with van der Waals surface area (Å²) in [6, 6.07) is 22.0. The Kier molecular flexibility index (Phi) is 7.27. The highest BCUT2D eigenvalue weighted by Crippen LogP contribution is 2.21. The molecule has 0 spiro atoms. The minimum atomic E-state index is -0.391. The number of carbonyl (C=O) groups is 2. The molecule has 30 heavy (non-hydrogen) atoms. The molecule has 152 valence electrons. The van der Waals surface area contributed by atoms with Crippen molar-refractivity contribution in [1.29, 1.82) is 0 Å². The van der Waals surface area contributed by atoms with Crippen LogP contribution in [-0.2, 0) is 9.59 Å². The summed E-state index contributed by atoms with van der Waals surface area (Å²) in [4.78, 5) is 23.7. The molecule has 2 N–H and O–H groups in total. The maximum Gasteiger partial charge on any atom is 0.240 e. The molecule has 0 bridgehead atoms. The topological polar surface area (TPSA) is 79.8 Å². The van der Waals surface area contributed by atoms with Gasteiger partial charge in [0.2, 0.25) is 11.8 Å². The lowest BCUT2D eigenvalue weighted by Gasteiger charge is -2.06. The Morgan fingerprint density at radius 1 is 0.867 bits per heavy atom. The van der Waals surface area contributed by atoms with Crippen LogP contribution in [-0.4, -0.2) is 18.0 Å². The number of anilines is 1. The summed E-state index contributed by atoms with van der Waals surface area (Å²) in [6.07, 6.45) is 1.45. The fourth-order valence-corrected chi connectivity index (χ4v) is 2.50. The zero-order valence-corrected chi connectivity index (χ0v) is 16.0. The number of carbonyl (C=O) groups excluding carboxylic acids is 2. The Bertz CT molecular complexity index is 1020. The number of halogens is 1. The largest absolute Gasteiger partial charge is 0.457 e. The van der Waals surface area contributed by atoms with Crippen LogP contribution in [0, 0.1) is 5.82 Å². The average Bonchev–Trinajstić information content (AvgIpc) is 2.75. The minimum absolute atomic E-state index is 0.0148. The van der Waals surface area contributed by atoms with Crippen LogP contribution < -0.4 is 15.5 Å². The Balaban J connectivity index is 1.43. The molecule has 2 amide bonds. The fourth-order valence-electron chi connectivity index (χ4n) is 2.50. The second-order valence-electron chi connectivity index (χ2n) is 6.34. The molecule has 3 rings (SSSR count). The van der Waals surface area contributed by atoms with E-state index in [9.17, 15) is 14.0 Å². The number of para-hydroxylation sites is 1. The first-order chi connectivity index (χ1) is 14.6. The van der Waals surface area contributed by atoms with Gasteiger partial charge in [0.1, 0.15) is 17.3 Å². The summed E-state index contributed by atoms with van der Waals surface area (Å²) >= 11 is 0. The predicted octanol–water partition coefficient (Wildman–Crippen LogP) is 4.49. The monoisotopic (exact) mass is 405 g/mol. The Hall–Kier alpha value is -4.00. The molecule has 6 nitrogen and oxygen atoms in total. The minimum Gasteiger partial charge on any atom is -0.457 e. The Morgan fingerprint density at radius 2 is 1.57 bits per heavy atom. The van der Waals surface area contributed by atoms with Crippen molar-refractivity contribution < 1.29 is 18.7 Å². The smallest absolute Gasteiger partial charge is 0.240 e. The first-order valence-electron chi connectivity index (χ1n) is 9.29. The SMILES string of the molecule is O=C(CCC(=O)Nc1ccc(F)cc1)NN=Cc1cccc(Oc2ccccc2)c1. The van der Waals surface area contributed by atoms with E-state index < -0.39 is 5.91 Å². The molecule has 0 unspecified atom stereocenters. The molecule has 0 fully saturated rings. The van der Waals surface area contributed by atoms with Crippen molar-refractivity contribution in [2.24, 2.45) is 5.10 Å². The molecule has 0 aliphatic heterocycles. The van der Waals surface area contributed by atoms with E-state index in [4.69, 9.17) is 4.74 Å². The van der Waals surface area contributed by atoms with Crippen molar-refractivity contribution in [3.05, 3.63) is 90.2 Å². The van der Waals surface area contributed by atoms with Crippen molar-refractivity contribution in [3.8, 4) is 11.5 Å². The lowest BCUT2D eigenvalue weighted by Crippen LogP contribution is -2.20. The molecule has 3 aromatic carbocycles. The van der Waals surface area contributed by atoms with E-state index in [1.807, 2.05) is 48.5 Å². The molecule has 0 radical (unpaired) electrons. The highest BCUT2D eigenvalue weighted by molar-refractivity contribution is 5.93. The summed E-state index contributed by atoms with van der Waals surface area (Å²) in [7, 11) is 0. The summed E-state index contributed by atoms with van der Waals surface area (Å²) < 4.78 is 18.6. The first kappa shape index (κ1) is 20.7. The summed E-state index contributed by atoms with van der Waals surface area (Å²) in [6.45, 7) is 0. The number of rotatable bonds is 8. The van der Waals surface area contributed by atoms with Crippen molar-refractivity contribution in [2.75, 3.05) is 5.32 Å². The third kappa shape index (κ3) is 6.87. The van der Waals surface area contributed by atoms with E-state index >= 15 is 0 Å². The van der Waals surface area contributed by atoms with Gasteiger partial charge < -0.3 is 10.1 Å². The Morgan fingerprint density at radius 3 is 2.33 bits per heavy atom. The second kappa shape index (κ2) is 10.5. The van der Waals surface area contributed by atoms with Crippen LogP contribution in [0.3, 0.4) is 0 Å². The van der Waals surface area contributed by atoms with Gasteiger partial charge in [-0.3, -0.25) is 9.59 Å². The summed E-state index contributed by atoms with van der Waals surface area (Å²) in [5.41, 5.74) is 3.60. The molecule has 0 heterocycles. The standard InChI is InChI=1S/C23H20FN3O3/c24-18-9-11-19(12-10-18)26-22(28)13-14-23(29)27-25-16-17-5-4-8-21(15-17)30-20-6-2-1-3-7-20/h1-12,15-16H,13-14H2,(H,26,28)(H,27,29). The zero-order chi connectivity index (χ0) is 21.2. The number of hydrogen-bond donors (Lipinski definition) is 2. The number of hydrazone groups is 1. The molecule has 0 atom stereocenters. The van der Waals surface area contributed by atoms with Crippen molar-refractivity contribution >= 4 is 23.7 Å². The van der Waals surface area contributed by atoms with Gasteiger partial charge in [-0.2, -0.15) is 5.10 Å². The number of nitrogens with zero attached hydrogens (tertiary/aromatic N) is 1. The molecule has 0 aliphatic carbocycles. The van der Waals surface area contributed by atoms with Crippen molar-refractivity contribution in [1.82, 2.24) is 5.43 Å². The van der Waals surface area contributed by atoms with Gasteiger partial charge in [0, 0.05) is 18.5 Å². The first-order valence-corrected chi connectivity index (χ1v) is 9.29. The van der Waals surface area contributed by atoms with E-state index in [0.29, 0.717) is 11.4 Å². The number of nitrogens with one attached hydrogen (secondary N) is 2. The van der Waals surface area contributed by atoms with E-state index in [0.717, 1.165) is 11.3 Å². The van der Waals surface area contributed by atoms with Gasteiger partial charge in [-0.15, -0.1) is 0 Å². The van der Waals surface area contributed by atoms with Crippen LogP contribution in [0.4, 0.5) is 10.1 Å². The number of amides is 2. The lowest BCUT2D eigenvalue weighted by atomic mass is 10.2. The van der Waals surface area contributed by atoms with Crippen molar-refractivity contribution in [3.63, 3.8) is 0 Å². The van der Waals surface area contributed by atoms with Gasteiger partial charge in [0.25, 0.3) is 0 Å². The Labute approximate surface area is 173 Å². The molecule has 0 saturated carbocycles. The molecular weight excluding hydrogens is 385 g/mol. The molecule has 3 aromatic rings. The summed E-state index contributed by atoms with van der Waals surface area (Å²) in [5, 5.41) is 6.50. The average molecular weight is 405 g/mol. The van der Waals surface area contributed by atoms with E-state index in [1.54, 1.807) is 6.07 Å². The summed E-state index contributed by atoms with van der Waals surface area (Å²) in [5.74, 6) is 0.249. The van der Waals surface area contributed by atoms with E-state index in [-0.39, 0.29) is 24.6 Å². The molecule has 0 saturated heterocycles. The normalized spacial score (nSPS) is 10.6. The van der Waals surface area contributed by atoms with Gasteiger partial charge in [0.15, 0.2) is 0 Å². The maximum atomic E-state index is 12.9. The fraction of sp³-hybridized carbons (Fsp3) is 0.0870. The molecule has 7 heteroatoms. The van der Waals surface area contributed by atoms with Crippen LogP contribution in [0.15, 0.2) is 84.0 Å². The third-order valence-electron chi connectivity index (χ3n) is 3.95. The van der Waals surface area contributed by atoms with Crippen LogP contribution >= 0.6 is 0 Å². The molecule has 0 aliphatic rings. The quantitative estimate of drug-likeness (QED) is 0.428. The van der Waals surface area contributed by atoms with E-state index in [1.165, 1.54) is 30.5 Å². The zero-order valence-electron chi connectivity index (χ0n) is 16.0. The maximum absolute atomic E-state index is 12.9. The van der Waals surface area contributed by atoms with Crippen LogP contribution in [0.25, 0.3) is 0 Å². The van der Waals surface area contributed by atoms with Crippen LogP contribution in [0.5, 0.6) is 11.5 Å². The number of ether oxygens (including phenoxy) is 1. The number of hydrogen-bond acceptors (Lipinski definition) is 4. The second-order valence-corrected chi connectivity index (χ2v) is 6.34. The van der Waals surface area contributed by atoms with Gasteiger partial charge >= 0.3 is 0 Å². The highest BCUT2D eigenvalue weighted by Gasteiger charge is 2.07. The number of benzene rings is 3. The lowest BCUT2D eigenvalue weighted by molar-refractivity contribution is -0.124. The van der Waals surface area contributed by atoms with Gasteiger partial charge in [-0.05, 0) is 54.1 Å². The van der Waals surface area contributed by atoms with Crippen molar-refractivity contribution in [2.45, 2.75) is 12.8 Å². The predicted molar refractivity (Wildman–Crippen MR) is 113 cm³/mol.